The summed E-state index contributed by atoms with van der Waals surface area (Å²) < 4.78 is 5.74. The van der Waals surface area contributed by atoms with Crippen molar-refractivity contribution >= 4 is 11.3 Å². The van der Waals surface area contributed by atoms with Crippen LogP contribution in [0.25, 0.3) is 0 Å². The fraction of sp³-hybridized carbons (Fsp3) is 0.600. The van der Waals surface area contributed by atoms with E-state index in [9.17, 15) is 0 Å². The highest BCUT2D eigenvalue weighted by molar-refractivity contribution is 7.10. The third-order valence-electron chi connectivity index (χ3n) is 1.72. The summed E-state index contributed by atoms with van der Waals surface area (Å²) in [5.74, 6) is 0. The van der Waals surface area contributed by atoms with E-state index < -0.39 is 0 Å². The van der Waals surface area contributed by atoms with Gasteiger partial charge >= 0.3 is 0 Å². The summed E-state index contributed by atoms with van der Waals surface area (Å²) in [5, 5.41) is 2.05. The highest BCUT2D eigenvalue weighted by atomic mass is 32.1. The maximum absolute atomic E-state index is 5.86. The van der Waals surface area contributed by atoms with Crippen LogP contribution in [-0.4, -0.2) is 12.1 Å². The summed E-state index contributed by atoms with van der Waals surface area (Å²) in [7, 11) is 0. The Morgan fingerprint density at radius 2 is 2.08 bits per heavy atom. The molecule has 13 heavy (non-hydrogen) atoms. The van der Waals surface area contributed by atoms with Crippen LogP contribution in [0.5, 0.6) is 0 Å². The number of thiophene rings is 1. The molecule has 3 heteroatoms. The minimum Gasteiger partial charge on any atom is -0.368 e. The number of nitrogens with two attached hydrogens (primary N) is 1. The van der Waals surface area contributed by atoms with Crippen molar-refractivity contribution in [2.24, 2.45) is 5.73 Å². The first kappa shape index (κ1) is 10.7. The van der Waals surface area contributed by atoms with Gasteiger partial charge in [-0.3, -0.25) is 0 Å². The quantitative estimate of drug-likeness (QED) is 0.809. The summed E-state index contributed by atoms with van der Waals surface area (Å²) in [6.07, 6.45) is 0.262. The van der Waals surface area contributed by atoms with Crippen LogP contribution in [0.15, 0.2) is 17.5 Å². The van der Waals surface area contributed by atoms with E-state index >= 15 is 0 Å². The smallest absolute Gasteiger partial charge is 0.107 e. The average molecular weight is 199 g/mol. The minimum absolute atomic E-state index is 0.0417. The zero-order valence-corrected chi connectivity index (χ0v) is 9.17. The van der Waals surface area contributed by atoms with Gasteiger partial charge in [-0.15, -0.1) is 11.3 Å². The van der Waals surface area contributed by atoms with E-state index in [4.69, 9.17) is 10.5 Å². The SMILES string of the molecule is CC(C)OC(c1cccs1)C(C)N. The number of hydrogen-bond acceptors (Lipinski definition) is 3. The van der Waals surface area contributed by atoms with Gasteiger partial charge in [0, 0.05) is 10.9 Å². The lowest BCUT2D eigenvalue weighted by Gasteiger charge is -2.22. The fourth-order valence-electron chi connectivity index (χ4n) is 1.20. The first-order valence-corrected chi connectivity index (χ1v) is 5.43. The average Bonchev–Trinajstić information content (AvgIpc) is 2.50. The maximum Gasteiger partial charge on any atom is 0.107 e. The Morgan fingerprint density at radius 3 is 2.46 bits per heavy atom. The molecule has 0 fully saturated rings. The normalized spacial score (nSPS) is 16.1. The molecule has 1 aromatic rings. The van der Waals surface area contributed by atoms with Gasteiger partial charge in [0.2, 0.25) is 0 Å². The molecule has 0 saturated carbocycles. The molecule has 0 radical (unpaired) electrons. The van der Waals surface area contributed by atoms with Gasteiger partial charge in [0.05, 0.1) is 6.10 Å². The lowest BCUT2D eigenvalue weighted by atomic mass is 10.1. The van der Waals surface area contributed by atoms with Crippen molar-refractivity contribution in [2.45, 2.75) is 39.0 Å². The molecule has 1 rings (SSSR count). The Kier molecular flexibility index (Phi) is 3.90. The van der Waals surface area contributed by atoms with Crippen molar-refractivity contribution in [3.05, 3.63) is 22.4 Å². The van der Waals surface area contributed by atoms with Crippen molar-refractivity contribution in [2.75, 3.05) is 0 Å². The first-order valence-electron chi connectivity index (χ1n) is 4.55. The molecular weight excluding hydrogens is 182 g/mol. The molecule has 2 unspecified atom stereocenters. The van der Waals surface area contributed by atoms with Crippen molar-refractivity contribution < 1.29 is 4.74 Å². The highest BCUT2D eigenvalue weighted by Crippen LogP contribution is 2.25. The third kappa shape index (κ3) is 3.10. The van der Waals surface area contributed by atoms with Crippen LogP contribution >= 0.6 is 11.3 Å². The van der Waals surface area contributed by atoms with Crippen LogP contribution in [0, 0.1) is 0 Å². The van der Waals surface area contributed by atoms with Crippen LogP contribution in [0.2, 0.25) is 0 Å². The Labute approximate surface area is 83.7 Å². The molecule has 1 heterocycles. The van der Waals surface area contributed by atoms with E-state index in [1.807, 2.05) is 26.8 Å². The maximum atomic E-state index is 5.86. The summed E-state index contributed by atoms with van der Waals surface area (Å²) in [5.41, 5.74) is 5.86. The summed E-state index contributed by atoms with van der Waals surface area (Å²) in [6, 6.07) is 4.14. The van der Waals surface area contributed by atoms with Crippen molar-refractivity contribution in [1.29, 1.82) is 0 Å². The Bertz CT molecular complexity index is 231. The van der Waals surface area contributed by atoms with Crippen LogP contribution < -0.4 is 5.73 Å². The summed E-state index contributed by atoms with van der Waals surface area (Å²) in [4.78, 5) is 1.21. The minimum atomic E-state index is 0.0417. The molecule has 0 aliphatic rings. The van der Waals surface area contributed by atoms with E-state index in [0.717, 1.165) is 0 Å². The molecule has 0 amide bonds. The molecule has 2 atom stereocenters. The molecule has 2 nitrogen and oxygen atoms in total. The Balaban J connectivity index is 2.69. The van der Waals surface area contributed by atoms with Gasteiger partial charge in [-0.25, -0.2) is 0 Å². The van der Waals surface area contributed by atoms with Gasteiger partial charge in [0.25, 0.3) is 0 Å². The Hall–Kier alpha value is -0.380. The van der Waals surface area contributed by atoms with E-state index in [1.54, 1.807) is 11.3 Å². The van der Waals surface area contributed by atoms with E-state index in [2.05, 4.69) is 11.4 Å². The largest absolute Gasteiger partial charge is 0.368 e. The highest BCUT2D eigenvalue weighted by Gasteiger charge is 2.18. The van der Waals surface area contributed by atoms with Crippen LogP contribution in [0.1, 0.15) is 31.8 Å². The van der Waals surface area contributed by atoms with Gasteiger partial charge in [-0.05, 0) is 32.2 Å². The van der Waals surface area contributed by atoms with E-state index in [0.29, 0.717) is 0 Å². The number of rotatable bonds is 4. The lowest BCUT2D eigenvalue weighted by molar-refractivity contribution is -0.00304. The van der Waals surface area contributed by atoms with E-state index in [-0.39, 0.29) is 18.2 Å². The molecule has 0 aromatic carbocycles. The zero-order valence-electron chi connectivity index (χ0n) is 8.36. The van der Waals surface area contributed by atoms with Gasteiger partial charge in [-0.1, -0.05) is 6.07 Å². The second kappa shape index (κ2) is 4.74. The van der Waals surface area contributed by atoms with E-state index in [1.165, 1.54) is 4.88 Å². The van der Waals surface area contributed by atoms with Gasteiger partial charge in [0.15, 0.2) is 0 Å². The zero-order chi connectivity index (χ0) is 9.84. The second-order valence-corrected chi connectivity index (χ2v) is 4.46. The van der Waals surface area contributed by atoms with Crippen molar-refractivity contribution in [3.8, 4) is 0 Å². The molecular formula is C10H17NOS. The second-order valence-electron chi connectivity index (χ2n) is 3.48. The molecule has 0 bridgehead atoms. The fourth-order valence-corrected chi connectivity index (χ4v) is 2.07. The molecule has 0 saturated heterocycles. The molecule has 74 valence electrons. The molecule has 0 aliphatic heterocycles. The topological polar surface area (TPSA) is 35.2 Å². The van der Waals surface area contributed by atoms with Gasteiger partial charge in [0.1, 0.15) is 6.10 Å². The van der Waals surface area contributed by atoms with Crippen molar-refractivity contribution in [1.82, 2.24) is 0 Å². The summed E-state index contributed by atoms with van der Waals surface area (Å²) >= 11 is 1.70. The van der Waals surface area contributed by atoms with Gasteiger partial charge in [-0.2, -0.15) is 0 Å². The monoisotopic (exact) mass is 199 g/mol. The third-order valence-corrected chi connectivity index (χ3v) is 2.65. The van der Waals surface area contributed by atoms with Crippen LogP contribution in [0.3, 0.4) is 0 Å². The lowest BCUT2D eigenvalue weighted by Crippen LogP contribution is -2.28. The van der Waals surface area contributed by atoms with Crippen LogP contribution in [-0.2, 0) is 4.74 Å². The predicted octanol–water partition coefficient (Wildman–Crippen LogP) is 2.56. The standard InChI is InChI=1S/C10H17NOS/c1-7(2)12-10(8(3)11)9-5-4-6-13-9/h4-8,10H,11H2,1-3H3. The number of hydrogen-bond donors (Lipinski definition) is 1. The first-order chi connectivity index (χ1) is 6.11. The van der Waals surface area contributed by atoms with Gasteiger partial charge < -0.3 is 10.5 Å². The molecule has 0 aliphatic carbocycles. The predicted molar refractivity (Wildman–Crippen MR) is 56.9 cm³/mol. The summed E-state index contributed by atoms with van der Waals surface area (Å²) in [6.45, 7) is 6.04. The number of ether oxygens (including phenoxy) is 1. The van der Waals surface area contributed by atoms with Crippen LogP contribution in [0.4, 0.5) is 0 Å². The molecule has 2 N–H and O–H groups in total. The van der Waals surface area contributed by atoms with Crippen molar-refractivity contribution in [3.63, 3.8) is 0 Å². The molecule has 1 aromatic heterocycles. The molecule has 0 spiro atoms. The Morgan fingerprint density at radius 1 is 1.38 bits per heavy atom.